The maximum absolute atomic E-state index is 11.8. The molecule has 0 saturated carbocycles. The first-order valence-corrected chi connectivity index (χ1v) is 5.64. The first-order valence-electron chi connectivity index (χ1n) is 4.85. The molecule has 0 aliphatic carbocycles. The van der Waals surface area contributed by atoms with Crippen LogP contribution in [-0.4, -0.2) is 16.4 Å². The van der Waals surface area contributed by atoms with Crippen molar-refractivity contribution in [3.8, 4) is 6.07 Å². The van der Waals surface area contributed by atoms with E-state index in [0.29, 0.717) is 12.0 Å². The summed E-state index contributed by atoms with van der Waals surface area (Å²) in [7, 11) is 0. The number of pyridine rings is 1. The van der Waals surface area contributed by atoms with Gasteiger partial charge >= 0.3 is 0 Å². The molecule has 0 aliphatic heterocycles. The standard InChI is InChI=1S/C11H12BrN3O/c1-3-11(2,7-13)15-10(16)8-4-9(12)6-14-5-8/h4-6H,3H2,1-2H3,(H,15,16). The van der Waals surface area contributed by atoms with Crippen molar-refractivity contribution in [3.05, 3.63) is 28.5 Å². The first-order chi connectivity index (χ1) is 7.50. The molecule has 16 heavy (non-hydrogen) atoms. The number of hydrogen-bond acceptors (Lipinski definition) is 3. The molecular formula is C11H12BrN3O. The van der Waals surface area contributed by atoms with Crippen LogP contribution in [-0.2, 0) is 0 Å². The van der Waals surface area contributed by atoms with Gasteiger partial charge in [0.1, 0.15) is 5.54 Å². The fraction of sp³-hybridized carbons (Fsp3) is 0.364. The van der Waals surface area contributed by atoms with Gasteiger partial charge in [-0.3, -0.25) is 9.78 Å². The number of aromatic nitrogens is 1. The van der Waals surface area contributed by atoms with Crippen LogP contribution in [0.3, 0.4) is 0 Å². The largest absolute Gasteiger partial charge is 0.334 e. The van der Waals surface area contributed by atoms with Gasteiger partial charge < -0.3 is 5.32 Å². The molecule has 0 radical (unpaired) electrons. The summed E-state index contributed by atoms with van der Waals surface area (Å²) in [4.78, 5) is 15.7. The van der Waals surface area contributed by atoms with E-state index < -0.39 is 5.54 Å². The van der Waals surface area contributed by atoms with E-state index in [9.17, 15) is 4.79 Å². The summed E-state index contributed by atoms with van der Waals surface area (Å²) in [5.41, 5.74) is -0.399. The van der Waals surface area contributed by atoms with E-state index in [1.54, 1.807) is 19.2 Å². The zero-order valence-electron chi connectivity index (χ0n) is 9.12. The van der Waals surface area contributed by atoms with E-state index in [0.717, 1.165) is 4.47 Å². The predicted molar refractivity (Wildman–Crippen MR) is 63.7 cm³/mol. The molecule has 0 fully saturated rings. The van der Waals surface area contributed by atoms with Crippen LogP contribution < -0.4 is 5.32 Å². The van der Waals surface area contributed by atoms with Crippen molar-refractivity contribution in [2.75, 3.05) is 0 Å². The molecule has 1 atom stereocenters. The van der Waals surface area contributed by atoms with E-state index in [-0.39, 0.29) is 5.91 Å². The topological polar surface area (TPSA) is 65.8 Å². The number of rotatable bonds is 3. The van der Waals surface area contributed by atoms with E-state index in [2.05, 4.69) is 32.3 Å². The number of nitrogens with zero attached hydrogens (tertiary/aromatic N) is 2. The average molecular weight is 282 g/mol. The normalized spacial score (nSPS) is 13.6. The van der Waals surface area contributed by atoms with Crippen molar-refractivity contribution in [2.45, 2.75) is 25.8 Å². The lowest BCUT2D eigenvalue weighted by Crippen LogP contribution is -2.44. The van der Waals surface area contributed by atoms with E-state index >= 15 is 0 Å². The molecule has 1 amide bonds. The third kappa shape index (κ3) is 3.04. The van der Waals surface area contributed by atoms with Gasteiger partial charge in [-0.15, -0.1) is 0 Å². The second-order valence-corrected chi connectivity index (χ2v) is 4.56. The number of amides is 1. The Kier molecular flexibility index (Phi) is 4.02. The predicted octanol–water partition coefficient (Wildman–Crippen LogP) is 2.27. The summed E-state index contributed by atoms with van der Waals surface area (Å²) in [6.07, 6.45) is 3.62. The Labute approximate surface area is 103 Å². The zero-order chi connectivity index (χ0) is 12.2. The van der Waals surface area contributed by atoms with Crippen molar-refractivity contribution in [3.63, 3.8) is 0 Å². The van der Waals surface area contributed by atoms with Crippen LogP contribution in [0.2, 0.25) is 0 Å². The van der Waals surface area contributed by atoms with Gasteiger partial charge in [-0.05, 0) is 35.3 Å². The highest BCUT2D eigenvalue weighted by Crippen LogP contribution is 2.12. The fourth-order valence-corrected chi connectivity index (χ4v) is 1.42. The molecule has 0 bridgehead atoms. The molecule has 5 heteroatoms. The molecule has 1 N–H and O–H groups in total. The summed E-state index contributed by atoms with van der Waals surface area (Å²) in [5, 5.41) is 11.6. The van der Waals surface area contributed by atoms with Crippen LogP contribution in [0.25, 0.3) is 0 Å². The monoisotopic (exact) mass is 281 g/mol. The molecular weight excluding hydrogens is 270 g/mol. The number of nitriles is 1. The Morgan fingerprint density at radius 1 is 1.69 bits per heavy atom. The Morgan fingerprint density at radius 3 is 2.88 bits per heavy atom. The SMILES string of the molecule is CCC(C)(C#N)NC(=O)c1cncc(Br)c1. The maximum atomic E-state index is 11.8. The summed E-state index contributed by atoms with van der Waals surface area (Å²) in [6, 6.07) is 3.74. The molecule has 4 nitrogen and oxygen atoms in total. The third-order valence-corrected chi connectivity index (χ3v) is 2.74. The van der Waals surface area contributed by atoms with Crippen molar-refractivity contribution < 1.29 is 4.79 Å². The van der Waals surface area contributed by atoms with Gasteiger partial charge in [-0.2, -0.15) is 5.26 Å². The highest BCUT2D eigenvalue weighted by atomic mass is 79.9. The number of halogens is 1. The minimum atomic E-state index is -0.834. The Morgan fingerprint density at radius 2 is 2.38 bits per heavy atom. The molecule has 1 rings (SSSR count). The van der Waals surface area contributed by atoms with E-state index in [4.69, 9.17) is 5.26 Å². The van der Waals surface area contributed by atoms with Crippen molar-refractivity contribution >= 4 is 21.8 Å². The molecule has 0 aromatic carbocycles. The second-order valence-electron chi connectivity index (χ2n) is 3.64. The highest BCUT2D eigenvalue weighted by Gasteiger charge is 2.24. The van der Waals surface area contributed by atoms with Gasteiger partial charge in [0.2, 0.25) is 0 Å². The van der Waals surface area contributed by atoms with E-state index in [1.165, 1.54) is 6.20 Å². The quantitative estimate of drug-likeness (QED) is 0.924. The molecule has 0 aliphatic rings. The molecule has 0 spiro atoms. The van der Waals surface area contributed by atoms with Crippen LogP contribution in [0.15, 0.2) is 22.9 Å². The van der Waals surface area contributed by atoms with Gasteiger partial charge in [0.25, 0.3) is 5.91 Å². The minimum absolute atomic E-state index is 0.292. The van der Waals surface area contributed by atoms with Gasteiger partial charge in [-0.1, -0.05) is 6.92 Å². The molecule has 1 heterocycles. The number of hydrogen-bond donors (Lipinski definition) is 1. The maximum Gasteiger partial charge on any atom is 0.254 e. The molecule has 1 unspecified atom stereocenters. The van der Waals surface area contributed by atoms with Crippen LogP contribution in [0, 0.1) is 11.3 Å². The summed E-state index contributed by atoms with van der Waals surface area (Å²) < 4.78 is 0.732. The van der Waals surface area contributed by atoms with Crippen molar-refractivity contribution in [2.24, 2.45) is 0 Å². The smallest absolute Gasteiger partial charge is 0.254 e. The Bertz CT molecular complexity index is 441. The Hall–Kier alpha value is -1.41. The van der Waals surface area contributed by atoms with Crippen LogP contribution in [0.1, 0.15) is 30.6 Å². The first kappa shape index (κ1) is 12.7. The summed E-state index contributed by atoms with van der Waals surface area (Å²) >= 11 is 3.24. The zero-order valence-corrected chi connectivity index (χ0v) is 10.7. The molecule has 0 saturated heterocycles. The molecule has 1 aromatic rings. The molecule has 1 aromatic heterocycles. The summed E-state index contributed by atoms with van der Waals surface area (Å²) in [5.74, 6) is -0.292. The third-order valence-electron chi connectivity index (χ3n) is 2.31. The fourth-order valence-electron chi connectivity index (χ4n) is 1.05. The lowest BCUT2D eigenvalue weighted by atomic mass is 10.0. The van der Waals surface area contributed by atoms with Crippen LogP contribution >= 0.6 is 15.9 Å². The van der Waals surface area contributed by atoms with Gasteiger partial charge in [0.05, 0.1) is 11.6 Å². The number of nitrogens with one attached hydrogen (secondary N) is 1. The van der Waals surface area contributed by atoms with Crippen molar-refractivity contribution in [1.29, 1.82) is 5.26 Å². The molecule has 84 valence electrons. The number of carbonyl (C=O) groups excluding carboxylic acids is 1. The second kappa shape index (κ2) is 5.08. The van der Waals surface area contributed by atoms with Crippen LogP contribution in [0.4, 0.5) is 0 Å². The van der Waals surface area contributed by atoms with Gasteiger partial charge in [-0.25, -0.2) is 0 Å². The minimum Gasteiger partial charge on any atom is -0.334 e. The Balaban J connectivity index is 2.85. The number of carbonyl (C=O) groups is 1. The van der Waals surface area contributed by atoms with Crippen molar-refractivity contribution in [1.82, 2.24) is 10.3 Å². The van der Waals surface area contributed by atoms with E-state index in [1.807, 2.05) is 6.92 Å². The van der Waals surface area contributed by atoms with Gasteiger partial charge in [0, 0.05) is 16.9 Å². The van der Waals surface area contributed by atoms with Gasteiger partial charge in [0.15, 0.2) is 0 Å². The summed E-state index contributed by atoms with van der Waals surface area (Å²) in [6.45, 7) is 3.54. The average Bonchev–Trinajstić information content (AvgIpc) is 2.29. The van der Waals surface area contributed by atoms with Crippen LogP contribution in [0.5, 0.6) is 0 Å². The lowest BCUT2D eigenvalue weighted by Gasteiger charge is -2.21. The highest BCUT2D eigenvalue weighted by molar-refractivity contribution is 9.10. The lowest BCUT2D eigenvalue weighted by molar-refractivity contribution is 0.0922.